The first-order valence-corrected chi connectivity index (χ1v) is 7.82. The second kappa shape index (κ2) is 5.05. The molecule has 20 heavy (non-hydrogen) atoms. The Morgan fingerprint density at radius 3 is 3.00 bits per heavy atom. The zero-order valence-corrected chi connectivity index (χ0v) is 12.4. The van der Waals surface area contributed by atoms with E-state index in [1.807, 2.05) is 12.3 Å². The second-order valence-corrected chi connectivity index (χ2v) is 6.35. The van der Waals surface area contributed by atoms with Gasteiger partial charge in [-0.15, -0.1) is 11.3 Å². The fraction of sp³-hybridized carbons (Fsp3) is 0.467. The molecular weight excluding hydrogens is 272 g/mol. The van der Waals surface area contributed by atoms with E-state index in [0.29, 0.717) is 6.54 Å². The fourth-order valence-corrected chi connectivity index (χ4v) is 3.94. The first-order chi connectivity index (χ1) is 9.59. The minimum absolute atomic E-state index is 0.00852. The van der Waals surface area contributed by atoms with E-state index in [0.717, 1.165) is 47.4 Å². The molecule has 1 saturated heterocycles. The highest BCUT2D eigenvalue weighted by Crippen LogP contribution is 2.36. The lowest BCUT2D eigenvalue weighted by Crippen LogP contribution is -2.45. The predicted molar refractivity (Wildman–Crippen MR) is 79.5 cm³/mol. The van der Waals surface area contributed by atoms with Crippen molar-refractivity contribution < 1.29 is 9.59 Å². The summed E-state index contributed by atoms with van der Waals surface area (Å²) >= 11 is 1.57. The van der Waals surface area contributed by atoms with Crippen molar-refractivity contribution in [3.8, 4) is 0 Å². The van der Waals surface area contributed by atoms with E-state index in [1.165, 1.54) is 0 Å². The van der Waals surface area contributed by atoms with Crippen molar-refractivity contribution in [2.45, 2.75) is 38.8 Å². The molecule has 1 unspecified atom stereocenters. The molecular formula is C15H18N2O2S. The molecule has 2 aliphatic heterocycles. The largest absolute Gasteiger partial charge is 0.354 e. The number of nitrogens with one attached hydrogen (secondary N) is 1. The van der Waals surface area contributed by atoms with Crippen molar-refractivity contribution >= 4 is 28.7 Å². The third-order valence-corrected chi connectivity index (χ3v) is 5.17. The van der Waals surface area contributed by atoms with Crippen molar-refractivity contribution in [2.75, 3.05) is 6.54 Å². The van der Waals surface area contributed by atoms with Crippen LogP contribution >= 0.6 is 11.3 Å². The average Bonchev–Trinajstić information content (AvgIpc) is 2.87. The van der Waals surface area contributed by atoms with Gasteiger partial charge in [-0.3, -0.25) is 9.59 Å². The molecule has 3 rings (SSSR count). The Balaban J connectivity index is 1.89. The molecule has 0 aromatic carbocycles. The van der Waals surface area contributed by atoms with Gasteiger partial charge < -0.3 is 10.2 Å². The van der Waals surface area contributed by atoms with Crippen LogP contribution in [0.3, 0.4) is 0 Å². The van der Waals surface area contributed by atoms with Gasteiger partial charge in [0.25, 0.3) is 5.91 Å². The zero-order chi connectivity index (χ0) is 14.3. The van der Waals surface area contributed by atoms with Crippen LogP contribution in [-0.4, -0.2) is 29.3 Å². The number of amides is 2. The molecule has 1 atom stereocenters. The third kappa shape index (κ3) is 2.06. The van der Waals surface area contributed by atoms with E-state index in [2.05, 4.69) is 11.9 Å². The summed E-state index contributed by atoms with van der Waals surface area (Å²) in [6, 6.07) is -0.319. The number of hydrogen-bond acceptors (Lipinski definition) is 3. The van der Waals surface area contributed by atoms with Crippen molar-refractivity contribution in [3.05, 3.63) is 28.0 Å². The molecule has 0 bridgehead atoms. The van der Waals surface area contributed by atoms with Crippen molar-refractivity contribution in [3.63, 3.8) is 0 Å². The molecule has 5 heteroatoms. The molecule has 1 fully saturated rings. The van der Waals surface area contributed by atoms with Gasteiger partial charge in [0.05, 0.1) is 5.56 Å². The standard InChI is InChI=1S/C15H18N2O2S/c1-9(2)13-10-7-17(15(19)11(10)8-20-13)12-5-3-4-6-16-14(12)18/h8,12H,1,3-7H2,2H3,(H,16,18). The summed E-state index contributed by atoms with van der Waals surface area (Å²) in [5.74, 6) is -0.0210. The minimum atomic E-state index is -0.319. The summed E-state index contributed by atoms with van der Waals surface area (Å²) in [7, 11) is 0. The molecule has 0 radical (unpaired) electrons. The maximum atomic E-state index is 12.5. The van der Waals surface area contributed by atoms with E-state index in [1.54, 1.807) is 16.2 Å². The summed E-state index contributed by atoms with van der Waals surface area (Å²) in [6.45, 7) is 7.18. The van der Waals surface area contributed by atoms with Crippen LogP contribution in [-0.2, 0) is 11.3 Å². The topological polar surface area (TPSA) is 49.4 Å². The van der Waals surface area contributed by atoms with Gasteiger partial charge in [-0.25, -0.2) is 0 Å². The van der Waals surface area contributed by atoms with Crippen LogP contribution in [0, 0.1) is 0 Å². The Hall–Kier alpha value is -1.62. The highest BCUT2D eigenvalue weighted by atomic mass is 32.1. The zero-order valence-electron chi connectivity index (χ0n) is 11.6. The molecule has 1 N–H and O–H groups in total. The number of carbonyl (C=O) groups is 2. The van der Waals surface area contributed by atoms with Gasteiger partial charge >= 0.3 is 0 Å². The smallest absolute Gasteiger partial charge is 0.256 e. The van der Waals surface area contributed by atoms with Gasteiger partial charge in [0.15, 0.2) is 0 Å². The van der Waals surface area contributed by atoms with Crippen LogP contribution in [0.25, 0.3) is 5.57 Å². The Labute approximate surface area is 122 Å². The Morgan fingerprint density at radius 1 is 1.45 bits per heavy atom. The number of allylic oxidation sites excluding steroid dienone is 1. The Morgan fingerprint density at radius 2 is 2.25 bits per heavy atom. The van der Waals surface area contributed by atoms with Gasteiger partial charge in [-0.1, -0.05) is 6.58 Å². The quantitative estimate of drug-likeness (QED) is 0.909. The van der Waals surface area contributed by atoms with Crippen LogP contribution in [0.2, 0.25) is 0 Å². The SMILES string of the molecule is C=C(C)c1scc2c1CN(C1CCCCNC1=O)C2=O. The van der Waals surface area contributed by atoms with E-state index in [-0.39, 0.29) is 17.9 Å². The van der Waals surface area contributed by atoms with Crippen LogP contribution in [0.15, 0.2) is 12.0 Å². The molecule has 3 heterocycles. The molecule has 0 spiro atoms. The summed E-state index contributed by atoms with van der Waals surface area (Å²) in [5.41, 5.74) is 2.78. The van der Waals surface area contributed by atoms with Crippen molar-refractivity contribution in [1.82, 2.24) is 10.2 Å². The van der Waals surface area contributed by atoms with E-state index >= 15 is 0 Å². The lowest BCUT2D eigenvalue weighted by atomic mass is 10.1. The average molecular weight is 290 g/mol. The highest BCUT2D eigenvalue weighted by Gasteiger charge is 2.38. The first-order valence-electron chi connectivity index (χ1n) is 6.94. The Bertz CT molecular complexity index is 591. The van der Waals surface area contributed by atoms with E-state index in [4.69, 9.17) is 0 Å². The highest BCUT2D eigenvalue weighted by molar-refractivity contribution is 7.11. The number of nitrogens with zero attached hydrogens (tertiary/aromatic N) is 1. The van der Waals surface area contributed by atoms with E-state index < -0.39 is 0 Å². The monoisotopic (exact) mass is 290 g/mol. The number of rotatable bonds is 2. The van der Waals surface area contributed by atoms with Crippen molar-refractivity contribution in [2.24, 2.45) is 0 Å². The maximum absolute atomic E-state index is 12.5. The van der Waals surface area contributed by atoms with Crippen LogP contribution in [0.1, 0.15) is 47.0 Å². The van der Waals surface area contributed by atoms with Crippen LogP contribution in [0.5, 0.6) is 0 Å². The van der Waals surface area contributed by atoms with E-state index in [9.17, 15) is 9.59 Å². The predicted octanol–water partition coefficient (Wildman–Crippen LogP) is 2.41. The lowest BCUT2D eigenvalue weighted by Gasteiger charge is -2.25. The molecule has 0 saturated carbocycles. The minimum Gasteiger partial charge on any atom is -0.354 e. The van der Waals surface area contributed by atoms with Gasteiger partial charge in [0.2, 0.25) is 5.91 Å². The summed E-state index contributed by atoms with van der Waals surface area (Å²) < 4.78 is 0. The van der Waals surface area contributed by atoms with Gasteiger partial charge in [-0.05, 0) is 31.8 Å². The maximum Gasteiger partial charge on any atom is 0.256 e. The number of hydrogen-bond donors (Lipinski definition) is 1. The van der Waals surface area contributed by atoms with Crippen LogP contribution in [0.4, 0.5) is 0 Å². The number of thiophene rings is 1. The van der Waals surface area contributed by atoms with Crippen LogP contribution < -0.4 is 5.32 Å². The molecule has 2 aliphatic rings. The molecule has 2 amide bonds. The van der Waals surface area contributed by atoms with Gasteiger partial charge in [0.1, 0.15) is 6.04 Å². The van der Waals surface area contributed by atoms with Gasteiger partial charge in [-0.2, -0.15) is 0 Å². The summed E-state index contributed by atoms with van der Waals surface area (Å²) in [4.78, 5) is 27.4. The summed E-state index contributed by atoms with van der Waals surface area (Å²) in [5, 5.41) is 4.80. The third-order valence-electron chi connectivity index (χ3n) is 3.98. The van der Waals surface area contributed by atoms with Gasteiger partial charge in [0, 0.05) is 28.9 Å². The Kier molecular flexibility index (Phi) is 3.38. The molecule has 0 aliphatic carbocycles. The van der Waals surface area contributed by atoms with Crippen molar-refractivity contribution in [1.29, 1.82) is 0 Å². The summed E-state index contributed by atoms with van der Waals surface area (Å²) in [6.07, 6.45) is 2.73. The fourth-order valence-electron chi connectivity index (χ4n) is 2.95. The normalized spacial score (nSPS) is 22.4. The molecule has 106 valence electrons. The molecule has 1 aromatic rings. The lowest BCUT2D eigenvalue weighted by molar-refractivity contribution is -0.125. The second-order valence-electron chi connectivity index (χ2n) is 5.47. The molecule has 4 nitrogen and oxygen atoms in total. The first kappa shape index (κ1) is 13.4. The number of carbonyl (C=O) groups excluding carboxylic acids is 2. The molecule has 1 aromatic heterocycles. The number of fused-ring (bicyclic) bond motifs is 1.